The van der Waals surface area contributed by atoms with Crippen molar-refractivity contribution in [3.63, 3.8) is 0 Å². The van der Waals surface area contributed by atoms with Gasteiger partial charge >= 0.3 is 12.1 Å². The Labute approximate surface area is 244 Å². The maximum Gasteiger partial charge on any atom is 0.407 e. The van der Waals surface area contributed by atoms with Crippen molar-refractivity contribution in [2.45, 2.75) is 31.3 Å². The summed E-state index contributed by atoms with van der Waals surface area (Å²) in [6.45, 7) is 0.250. The smallest absolute Gasteiger partial charge is 0.407 e. The third kappa shape index (κ3) is 6.78. The summed E-state index contributed by atoms with van der Waals surface area (Å²) in [6.07, 6.45) is -0.858. The first-order valence-electron chi connectivity index (χ1n) is 13.8. The van der Waals surface area contributed by atoms with Crippen LogP contribution in [-0.4, -0.2) is 52.3 Å². The number of aliphatic carboxylic acids is 1. The number of ether oxygens (including phenoxy) is 1. The fourth-order valence-electron chi connectivity index (χ4n) is 5.37. The number of hydrogen-bond acceptors (Lipinski definition) is 5. The topological polar surface area (TPSA) is 116 Å². The molecule has 1 aliphatic carbocycles. The lowest BCUT2D eigenvalue weighted by atomic mass is 9.98. The number of phenolic OH excluding ortho intramolecular Hbond substituents is 1. The number of carbonyl (C=O) groups is 3. The maximum atomic E-state index is 13.9. The predicted molar refractivity (Wildman–Crippen MR) is 158 cm³/mol. The monoisotopic (exact) mass is 564 g/mol. The molecule has 4 aromatic rings. The number of benzene rings is 4. The predicted octanol–water partition coefficient (Wildman–Crippen LogP) is 5.35. The van der Waals surface area contributed by atoms with E-state index in [0.29, 0.717) is 5.56 Å². The molecular formula is C34H32N2O6. The number of nitrogens with zero attached hydrogens (tertiary/aromatic N) is 1. The van der Waals surface area contributed by atoms with E-state index < -0.39 is 24.0 Å². The van der Waals surface area contributed by atoms with E-state index >= 15 is 0 Å². The van der Waals surface area contributed by atoms with E-state index in [1.165, 1.54) is 17.0 Å². The van der Waals surface area contributed by atoms with Gasteiger partial charge in [-0.3, -0.25) is 9.59 Å². The highest BCUT2D eigenvalue weighted by Gasteiger charge is 2.31. The van der Waals surface area contributed by atoms with Crippen LogP contribution in [0.25, 0.3) is 11.1 Å². The number of carbonyl (C=O) groups excluding carboxylic acids is 2. The molecule has 1 atom stereocenters. The Hall–Kier alpha value is -5.11. The van der Waals surface area contributed by atoms with Gasteiger partial charge in [-0.1, -0.05) is 91.0 Å². The van der Waals surface area contributed by atoms with Crippen molar-refractivity contribution in [2.75, 3.05) is 13.2 Å². The Bertz CT molecular complexity index is 1510. The minimum absolute atomic E-state index is 0.0263. The summed E-state index contributed by atoms with van der Waals surface area (Å²) in [6, 6.07) is 30.7. The van der Waals surface area contributed by atoms with Crippen molar-refractivity contribution < 1.29 is 29.3 Å². The van der Waals surface area contributed by atoms with E-state index in [0.717, 1.165) is 27.8 Å². The molecule has 0 bridgehead atoms. The molecule has 0 unspecified atom stereocenters. The number of fused-ring (bicyclic) bond motifs is 3. The van der Waals surface area contributed by atoms with Crippen LogP contribution in [0.5, 0.6) is 5.75 Å². The van der Waals surface area contributed by atoms with E-state index in [4.69, 9.17) is 4.74 Å². The van der Waals surface area contributed by atoms with Crippen molar-refractivity contribution >= 4 is 18.0 Å². The molecule has 0 saturated heterocycles. The summed E-state index contributed by atoms with van der Waals surface area (Å²) in [5.41, 5.74) is 5.91. The molecule has 0 radical (unpaired) electrons. The first-order chi connectivity index (χ1) is 20.4. The Kier molecular flexibility index (Phi) is 8.82. The lowest BCUT2D eigenvalue weighted by Gasteiger charge is -2.28. The van der Waals surface area contributed by atoms with Crippen LogP contribution < -0.4 is 5.32 Å². The van der Waals surface area contributed by atoms with Crippen LogP contribution in [0, 0.1) is 0 Å². The van der Waals surface area contributed by atoms with Gasteiger partial charge in [0.2, 0.25) is 5.91 Å². The number of aromatic hydroxyl groups is 1. The number of rotatable bonds is 11. The van der Waals surface area contributed by atoms with Gasteiger partial charge in [-0.25, -0.2) is 4.79 Å². The minimum Gasteiger partial charge on any atom is -0.508 e. The number of phenols is 1. The average Bonchev–Trinajstić information content (AvgIpc) is 3.32. The van der Waals surface area contributed by atoms with Crippen LogP contribution >= 0.6 is 0 Å². The first-order valence-corrected chi connectivity index (χ1v) is 13.8. The quantitative estimate of drug-likeness (QED) is 0.226. The Morgan fingerprint density at radius 1 is 0.786 bits per heavy atom. The minimum atomic E-state index is -1.03. The third-order valence-electron chi connectivity index (χ3n) is 7.43. The summed E-state index contributed by atoms with van der Waals surface area (Å²) in [5, 5.41) is 21.8. The van der Waals surface area contributed by atoms with Crippen LogP contribution in [0.15, 0.2) is 103 Å². The van der Waals surface area contributed by atoms with Gasteiger partial charge in [-0.05, 0) is 45.5 Å². The molecule has 8 nitrogen and oxygen atoms in total. The second kappa shape index (κ2) is 13.0. The molecule has 4 aromatic carbocycles. The lowest BCUT2D eigenvalue weighted by Crippen LogP contribution is -2.50. The number of hydrogen-bond donors (Lipinski definition) is 3. The Morgan fingerprint density at radius 2 is 1.38 bits per heavy atom. The molecule has 5 rings (SSSR count). The van der Waals surface area contributed by atoms with Crippen LogP contribution in [0.1, 0.15) is 34.6 Å². The molecule has 1 aliphatic rings. The van der Waals surface area contributed by atoms with Gasteiger partial charge in [0.25, 0.3) is 0 Å². The molecule has 8 heteroatoms. The van der Waals surface area contributed by atoms with Gasteiger partial charge < -0.3 is 25.2 Å². The molecule has 2 amide bonds. The molecule has 0 heterocycles. The summed E-state index contributed by atoms with van der Waals surface area (Å²) in [4.78, 5) is 39.9. The van der Waals surface area contributed by atoms with Crippen LogP contribution in [-0.2, 0) is 27.3 Å². The second-order valence-electron chi connectivity index (χ2n) is 10.3. The van der Waals surface area contributed by atoms with Crippen molar-refractivity contribution in [3.05, 3.63) is 125 Å². The number of nitrogens with one attached hydrogen (secondary N) is 1. The zero-order valence-electron chi connectivity index (χ0n) is 23.0. The standard InChI is InChI=1S/C34H32N2O6/c37-25-16-14-23(15-17-25)20-31(33(40)36(19-18-32(38)39)21-24-8-2-1-3-9-24)35-34(41)42-22-30-28-12-6-4-10-26(28)27-11-5-7-13-29(27)30/h1-17,30-31,37H,18-22H2,(H,35,41)(H,38,39)/t31-/m1/s1. The number of carboxylic acid groups (broad SMARTS) is 1. The highest BCUT2D eigenvalue weighted by Crippen LogP contribution is 2.44. The van der Waals surface area contributed by atoms with Gasteiger partial charge in [0.15, 0.2) is 0 Å². The van der Waals surface area contributed by atoms with Crippen LogP contribution in [0.2, 0.25) is 0 Å². The largest absolute Gasteiger partial charge is 0.508 e. The van der Waals surface area contributed by atoms with Crippen molar-refractivity contribution in [2.24, 2.45) is 0 Å². The Morgan fingerprint density at radius 3 is 2.00 bits per heavy atom. The summed E-state index contributed by atoms with van der Waals surface area (Å²) in [7, 11) is 0. The van der Waals surface area contributed by atoms with E-state index in [9.17, 15) is 24.6 Å². The van der Waals surface area contributed by atoms with E-state index in [1.807, 2.05) is 66.7 Å². The molecule has 0 aliphatic heterocycles. The zero-order valence-corrected chi connectivity index (χ0v) is 23.0. The second-order valence-corrected chi connectivity index (χ2v) is 10.3. The molecule has 214 valence electrons. The van der Waals surface area contributed by atoms with Gasteiger partial charge in [-0.2, -0.15) is 0 Å². The number of amides is 2. The fourth-order valence-corrected chi connectivity index (χ4v) is 5.37. The molecule has 0 saturated carbocycles. The normalized spacial score (nSPS) is 12.6. The summed E-state index contributed by atoms with van der Waals surface area (Å²) < 4.78 is 5.72. The van der Waals surface area contributed by atoms with Gasteiger partial charge in [-0.15, -0.1) is 0 Å². The van der Waals surface area contributed by atoms with E-state index in [2.05, 4.69) is 17.4 Å². The molecule has 3 N–H and O–H groups in total. The van der Waals surface area contributed by atoms with Crippen molar-refractivity contribution in [3.8, 4) is 16.9 Å². The number of carboxylic acids is 1. The highest BCUT2D eigenvalue weighted by molar-refractivity contribution is 5.86. The highest BCUT2D eigenvalue weighted by atomic mass is 16.5. The van der Waals surface area contributed by atoms with Gasteiger partial charge in [0, 0.05) is 25.4 Å². The van der Waals surface area contributed by atoms with Gasteiger partial charge in [0.05, 0.1) is 6.42 Å². The molecule has 0 aromatic heterocycles. The SMILES string of the molecule is O=C(O)CCN(Cc1ccccc1)C(=O)[C@@H](Cc1ccc(O)cc1)NC(=O)OCC1c2ccccc2-c2ccccc21. The summed E-state index contributed by atoms with van der Waals surface area (Å²) in [5.74, 6) is -1.51. The molecule has 0 fully saturated rings. The molecule has 42 heavy (non-hydrogen) atoms. The van der Waals surface area contributed by atoms with E-state index in [-0.39, 0.29) is 44.2 Å². The van der Waals surface area contributed by atoms with Crippen LogP contribution in [0.3, 0.4) is 0 Å². The van der Waals surface area contributed by atoms with Crippen molar-refractivity contribution in [1.29, 1.82) is 0 Å². The summed E-state index contributed by atoms with van der Waals surface area (Å²) >= 11 is 0. The van der Waals surface area contributed by atoms with E-state index in [1.54, 1.807) is 12.1 Å². The first kappa shape index (κ1) is 28.4. The third-order valence-corrected chi connectivity index (χ3v) is 7.43. The Balaban J connectivity index is 1.34. The van der Waals surface area contributed by atoms with Crippen LogP contribution in [0.4, 0.5) is 4.79 Å². The van der Waals surface area contributed by atoms with Crippen molar-refractivity contribution in [1.82, 2.24) is 10.2 Å². The molecular weight excluding hydrogens is 532 g/mol. The average molecular weight is 565 g/mol. The lowest BCUT2D eigenvalue weighted by molar-refractivity contribution is -0.139. The number of alkyl carbamates (subject to hydrolysis) is 1. The van der Waals surface area contributed by atoms with Gasteiger partial charge in [0.1, 0.15) is 18.4 Å². The zero-order chi connectivity index (χ0) is 29.5. The maximum absolute atomic E-state index is 13.9. The molecule has 0 spiro atoms. The fraction of sp³-hybridized carbons (Fsp3) is 0.206.